The zero-order chi connectivity index (χ0) is 26.4. The number of aliphatic hydroxyl groups is 1. The molecule has 10 heteroatoms. The molecule has 3 N–H and O–H groups in total. The van der Waals surface area contributed by atoms with Crippen LogP contribution in [0.5, 0.6) is 5.75 Å². The van der Waals surface area contributed by atoms with E-state index < -0.39 is 18.0 Å². The van der Waals surface area contributed by atoms with Crippen LogP contribution in [0.2, 0.25) is 9.63 Å². The zero-order valence-electron chi connectivity index (χ0n) is 20.7. The molecule has 3 aliphatic rings. The maximum atomic E-state index is 11.2. The third kappa shape index (κ3) is 6.88. The van der Waals surface area contributed by atoms with Crippen molar-refractivity contribution in [1.29, 1.82) is 0 Å². The van der Waals surface area contributed by atoms with E-state index in [4.69, 9.17) is 14.9 Å². The van der Waals surface area contributed by atoms with E-state index in [0.717, 1.165) is 41.7 Å². The number of fused-ring (bicyclic) bond motifs is 4. The van der Waals surface area contributed by atoms with Gasteiger partial charge in [0, 0.05) is 24.2 Å². The van der Waals surface area contributed by atoms with Crippen LogP contribution in [0.15, 0.2) is 43.1 Å². The van der Waals surface area contributed by atoms with Gasteiger partial charge in [0.25, 0.3) is 0 Å². The second-order valence-electron chi connectivity index (χ2n) is 9.13. The van der Waals surface area contributed by atoms with E-state index in [2.05, 4.69) is 22.5 Å². The van der Waals surface area contributed by atoms with Gasteiger partial charge in [-0.1, -0.05) is 6.08 Å². The third-order valence-corrected chi connectivity index (χ3v) is 16.7. The summed E-state index contributed by atoms with van der Waals surface area (Å²) in [5, 5.41) is 29.2. The molecule has 8 nitrogen and oxygen atoms in total. The fourth-order valence-electron chi connectivity index (χ4n) is 4.69. The summed E-state index contributed by atoms with van der Waals surface area (Å²) in [6.45, 7) is 9.32. The Balaban J connectivity index is 0.000000257. The first kappa shape index (κ1) is 28.6. The van der Waals surface area contributed by atoms with Crippen LogP contribution < -0.4 is 4.74 Å². The first-order valence-electron chi connectivity index (χ1n) is 11.9. The molecule has 7 atom stereocenters. The molecule has 0 amide bonds. The SMILES string of the molecule is C=CC1CN2CCC1CC2C(O)c1ccnc2ccc(OC)cc12.CC([Se][Se]C(C)C(=O)O)C(=O)O. The Labute approximate surface area is 223 Å². The molecule has 1 aromatic heterocycles. The third-order valence-electron chi connectivity index (χ3n) is 6.86. The monoisotopic (exact) mass is 630 g/mol. The molecular weight excluding hydrogens is 594 g/mol. The summed E-state index contributed by atoms with van der Waals surface area (Å²) < 4.78 is 5.35. The number of pyridine rings is 1. The molecule has 7 unspecified atom stereocenters. The summed E-state index contributed by atoms with van der Waals surface area (Å²) in [7, 11) is 1.66. The van der Waals surface area contributed by atoms with Gasteiger partial charge in [-0.3, -0.25) is 9.88 Å². The molecule has 2 bridgehead atoms. The molecule has 3 saturated heterocycles. The van der Waals surface area contributed by atoms with Gasteiger partial charge in [0.05, 0.1) is 18.7 Å². The first-order chi connectivity index (χ1) is 17.2. The van der Waals surface area contributed by atoms with Crippen molar-refractivity contribution in [2.24, 2.45) is 11.8 Å². The molecule has 1 aromatic carbocycles. The molecule has 4 heterocycles. The second-order valence-corrected chi connectivity index (χ2v) is 17.1. The van der Waals surface area contributed by atoms with Crippen molar-refractivity contribution >= 4 is 49.1 Å². The predicted molar refractivity (Wildman–Crippen MR) is 141 cm³/mol. The summed E-state index contributed by atoms with van der Waals surface area (Å²) in [6.07, 6.45) is 5.62. The number of ether oxygens (including phenoxy) is 1. The number of piperidine rings is 3. The summed E-state index contributed by atoms with van der Waals surface area (Å²) in [5.74, 6) is 0.358. The van der Waals surface area contributed by atoms with Crippen LogP contribution in [0.1, 0.15) is 38.4 Å². The van der Waals surface area contributed by atoms with Gasteiger partial charge in [0.1, 0.15) is 5.75 Å². The summed E-state index contributed by atoms with van der Waals surface area (Å²) in [6, 6.07) is 7.96. The second kappa shape index (κ2) is 13.0. The van der Waals surface area contributed by atoms with Crippen molar-refractivity contribution in [3.05, 3.63) is 48.7 Å². The van der Waals surface area contributed by atoms with Crippen molar-refractivity contribution in [2.45, 2.75) is 48.5 Å². The van der Waals surface area contributed by atoms with Gasteiger partial charge in [-0.25, -0.2) is 0 Å². The standard InChI is InChI=1S/C20H24N2O2.C6H10O4Se2/c1-3-13-12-22-9-7-14(13)10-19(22)20(23)16-6-8-21-18-5-4-15(24-2)11-17(16)18;1-3(5(7)8)11-12-4(2)6(9)10/h3-6,8,11,13-14,19-20,23H,1,7,9-10,12H2,2H3;3-4H,1-2H3,(H,7,8)(H,9,10). The fraction of sp³-hybridized carbons (Fsp3) is 0.500. The van der Waals surface area contributed by atoms with Crippen LogP contribution in [-0.4, -0.2) is 89.6 Å². The Kier molecular flexibility index (Phi) is 10.4. The van der Waals surface area contributed by atoms with E-state index in [-0.39, 0.29) is 41.9 Å². The van der Waals surface area contributed by atoms with Crippen molar-refractivity contribution in [3.8, 4) is 5.75 Å². The molecule has 36 heavy (non-hydrogen) atoms. The number of rotatable bonds is 9. The molecule has 196 valence electrons. The van der Waals surface area contributed by atoms with Crippen LogP contribution in [0.25, 0.3) is 10.9 Å². The Bertz CT molecular complexity index is 1060. The summed E-state index contributed by atoms with van der Waals surface area (Å²) in [5.41, 5.74) is 1.85. The van der Waals surface area contributed by atoms with Gasteiger partial charge in [-0.2, -0.15) is 0 Å². The number of hydrogen-bond donors (Lipinski definition) is 3. The van der Waals surface area contributed by atoms with Crippen molar-refractivity contribution in [2.75, 3.05) is 20.2 Å². The van der Waals surface area contributed by atoms with Gasteiger partial charge in [0.15, 0.2) is 0 Å². The molecule has 5 rings (SSSR count). The number of carboxylic acids is 2. The Morgan fingerprint density at radius 2 is 1.86 bits per heavy atom. The first-order valence-corrected chi connectivity index (χ1v) is 18.2. The van der Waals surface area contributed by atoms with E-state index in [1.807, 2.05) is 24.3 Å². The average Bonchev–Trinajstić information content (AvgIpc) is 2.90. The molecular formula is C26H34N2O6Se2. The van der Waals surface area contributed by atoms with Crippen LogP contribution in [0.4, 0.5) is 0 Å². The van der Waals surface area contributed by atoms with E-state index in [1.165, 1.54) is 6.42 Å². The number of aliphatic carboxylic acids is 2. The Morgan fingerprint density at radius 3 is 2.39 bits per heavy atom. The number of benzene rings is 1. The van der Waals surface area contributed by atoms with Gasteiger partial charge < -0.3 is 9.84 Å². The molecule has 0 radical (unpaired) electrons. The fourth-order valence-corrected chi connectivity index (χ4v) is 11.2. The van der Waals surface area contributed by atoms with Gasteiger partial charge in [0.2, 0.25) is 0 Å². The number of aromatic nitrogens is 1. The average molecular weight is 628 g/mol. The quantitative estimate of drug-likeness (QED) is 0.286. The van der Waals surface area contributed by atoms with Crippen molar-refractivity contribution in [1.82, 2.24) is 9.88 Å². The van der Waals surface area contributed by atoms with Gasteiger partial charge in [-0.15, -0.1) is 6.58 Å². The van der Waals surface area contributed by atoms with Crippen LogP contribution in [-0.2, 0) is 9.59 Å². The summed E-state index contributed by atoms with van der Waals surface area (Å²) in [4.78, 5) is 26.9. The number of nitrogens with zero attached hydrogens (tertiary/aromatic N) is 2. The normalized spacial score (nSPS) is 25.2. The number of methoxy groups -OCH3 is 1. The number of hydrogen-bond acceptors (Lipinski definition) is 6. The van der Waals surface area contributed by atoms with Crippen LogP contribution in [0.3, 0.4) is 0 Å². The Hall–Kier alpha value is -1.93. The predicted octanol–water partition coefficient (Wildman–Crippen LogP) is 3.27. The summed E-state index contributed by atoms with van der Waals surface area (Å²) >= 11 is -0.118. The molecule has 0 spiro atoms. The van der Waals surface area contributed by atoms with Crippen molar-refractivity contribution in [3.63, 3.8) is 0 Å². The number of carbonyl (C=O) groups is 2. The van der Waals surface area contributed by atoms with Crippen LogP contribution in [0, 0.1) is 11.8 Å². The topological polar surface area (TPSA) is 120 Å². The number of aliphatic hydroxyl groups excluding tert-OH is 1. The van der Waals surface area contributed by atoms with Gasteiger partial charge in [-0.05, 0) is 61.1 Å². The van der Waals surface area contributed by atoms with E-state index >= 15 is 0 Å². The van der Waals surface area contributed by atoms with Crippen molar-refractivity contribution < 1.29 is 29.6 Å². The molecule has 0 saturated carbocycles. The Morgan fingerprint density at radius 1 is 1.19 bits per heavy atom. The van der Waals surface area contributed by atoms with Gasteiger partial charge >= 0.3 is 81.5 Å². The number of carboxylic acid groups (broad SMARTS) is 2. The maximum absolute atomic E-state index is 11.2. The zero-order valence-corrected chi connectivity index (χ0v) is 24.2. The van der Waals surface area contributed by atoms with E-state index in [0.29, 0.717) is 11.8 Å². The molecule has 3 aliphatic heterocycles. The van der Waals surface area contributed by atoms with Crippen LogP contribution >= 0.6 is 0 Å². The molecule has 2 aromatic rings. The van der Waals surface area contributed by atoms with E-state index in [1.54, 1.807) is 27.2 Å². The molecule has 0 aliphatic carbocycles. The van der Waals surface area contributed by atoms with E-state index in [9.17, 15) is 14.7 Å². The minimum atomic E-state index is -0.825. The molecule has 3 fully saturated rings. The minimum absolute atomic E-state index is 0.0589.